The molecule has 0 aliphatic rings. The predicted molar refractivity (Wildman–Crippen MR) is 139 cm³/mol. The van der Waals surface area contributed by atoms with Crippen LogP contribution in [0.4, 0.5) is 5.69 Å². The summed E-state index contributed by atoms with van der Waals surface area (Å²) in [6.07, 6.45) is 16.0. The van der Waals surface area contributed by atoms with Crippen molar-refractivity contribution in [3.8, 4) is 11.5 Å². The standard InChI is InChI=1S/C29H39NO4/c1-3-4-5-6-7-8-9-10-11-12-23-33-27-17-13-25(14-18-27)29(32)34-28-19-15-26(16-20-28)30-22-21-24(2)31/h13-22,30H,3-12,23H2,1-2H3/b22-21-. The normalized spacial score (nSPS) is 10.9. The highest BCUT2D eigenvalue weighted by molar-refractivity contribution is 5.91. The summed E-state index contributed by atoms with van der Waals surface area (Å²) in [5, 5.41) is 2.98. The first-order chi connectivity index (χ1) is 16.6. The molecule has 0 bridgehead atoms. The molecule has 2 rings (SSSR count). The van der Waals surface area contributed by atoms with Gasteiger partial charge in [0.2, 0.25) is 0 Å². The number of allylic oxidation sites excluding steroid dienone is 1. The number of rotatable bonds is 17. The Morgan fingerprint density at radius 3 is 1.91 bits per heavy atom. The van der Waals surface area contributed by atoms with Gasteiger partial charge in [0.1, 0.15) is 11.5 Å². The fourth-order valence-corrected chi connectivity index (χ4v) is 3.51. The van der Waals surface area contributed by atoms with Crippen LogP contribution in [0.25, 0.3) is 0 Å². The van der Waals surface area contributed by atoms with Gasteiger partial charge < -0.3 is 14.8 Å². The van der Waals surface area contributed by atoms with E-state index in [-0.39, 0.29) is 5.78 Å². The van der Waals surface area contributed by atoms with Crippen LogP contribution in [0.2, 0.25) is 0 Å². The van der Waals surface area contributed by atoms with E-state index in [9.17, 15) is 9.59 Å². The Balaban J connectivity index is 1.62. The lowest BCUT2D eigenvalue weighted by molar-refractivity contribution is -0.112. The van der Waals surface area contributed by atoms with E-state index in [0.717, 1.165) is 17.9 Å². The first-order valence-corrected chi connectivity index (χ1v) is 12.6. The molecule has 0 radical (unpaired) electrons. The summed E-state index contributed by atoms with van der Waals surface area (Å²) in [5.41, 5.74) is 1.26. The number of hydrogen-bond acceptors (Lipinski definition) is 5. The van der Waals surface area contributed by atoms with Gasteiger partial charge in [0.15, 0.2) is 5.78 Å². The number of unbranched alkanes of at least 4 members (excludes halogenated alkanes) is 9. The highest BCUT2D eigenvalue weighted by atomic mass is 16.5. The maximum absolute atomic E-state index is 12.4. The van der Waals surface area contributed by atoms with Gasteiger partial charge in [0, 0.05) is 11.9 Å². The van der Waals surface area contributed by atoms with Crippen LogP contribution in [0.15, 0.2) is 60.8 Å². The molecule has 2 aromatic carbocycles. The van der Waals surface area contributed by atoms with Crippen LogP contribution in [0.5, 0.6) is 11.5 Å². The van der Waals surface area contributed by atoms with E-state index in [4.69, 9.17) is 9.47 Å². The lowest BCUT2D eigenvalue weighted by Gasteiger charge is -2.08. The number of ether oxygens (including phenoxy) is 2. The molecule has 0 aliphatic carbocycles. The molecular weight excluding hydrogens is 426 g/mol. The summed E-state index contributed by atoms with van der Waals surface area (Å²) in [7, 11) is 0. The van der Waals surface area contributed by atoms with Gasteiger partial charge in [0.25, 0.3) is 0 Å². The zero-order valence-corrected chi connectivity index (χ0v) is 20.7. The first kappa shape index (κ1) is 27.2. The number of hydrogen-bond donors (Lipinski definition) is 1. The van der Waals surface area contributed by atoms with Crippen LogP contribution in [0.1, 0.15) is 88.4 Å². The van der Waals surface area contributed by atoms with E-state index in [0.29, 0.717) is 17.9 Å². The van der Waals surface area contributed by atoms with E-state index >= 15 is 0 Å². The van der Waals surface area contributed by atoms with Crippen LogP contribution < -0.4 is 14.8 Å². The van der Waals surface area contributed by atoms with Crippen molar-refractivity contribution in [2.24, 2.45) is 0 Å². The van der Waals surface area contributed by atoms with Gasteiger partial charge in [-0.15, -0.1) is 0 Å². The number of benzene rings is 2. The molecule has 184 valence electrons. The van der Waals surface area contributed by atoms with Crippen molar-refractivity contribution in [3.05, 3.63) is 66.4 Å². The van der Waals surface area contributed by atoms with E-state index in [2.05, 4.69) is 12.2 Å². The lowest BCUT2D eigenvalue weighted by atomic mass is 10.1. The third-order valence-electron chi connectivity index (χ3n) is 5.49. The first-order valence-electron chi connectivity index (χ1n) is 12.6. The van der Waals surface area contributed by atoms with Gasteiger partial charge in [-0.2, -0.15) is 0 Å². The number of carbonyl (C=O) groups is 2. The second kappa shape index (κ2) is 16.5. The molecule has 5 heteroatoms. The number of esters is 1. The van der Waals surface area contributed by atoms with Crippen molar-refractivity contribution < 1.29 is 19.1 Å². The van der Waals surface area contributed by atoms with Crippen molar-refractivity contribution in [1.82, 2.24) is 0 Å². The van der Waals surface area contributed by atoms with Crippen LogP contribution >= 0.6 is 0 Å². The Hall–Kier alpha value is -3.08. The topological polar surface area (TPSA) is 64.6 Å². The largest absolute Gasteiger partial charge is 0.494 e. The molecule has 0 aliphatic heterocycles. The summed E-state index contributed by atoms with van der Waals surface area (Å²) in [4.78, 5) is 23.3. The van der Waals surface area contributed by atoms with Crippen LogP contribution in [-0.4, -0.2) is 18.4 Å². The highest BCUT2D eigenvalue weighted by Crippen LogP contribution is 2.19. The Kier molecular flexibility index (Phi) is 13.2. The maximum atomic E-state index is 12.4. The van der Waals surface area contributed by atoms with E-state index in [1.807, 2.05) is 0 Å². The molecule has 1 N–H and O–H groups in total. The van der Waals surface area contributed by atoms with Crippen LogP contribution in [-0.2, 0) is 4.79 Å². The third-order valence-corrected chi connectivity index (χ3v) is 5.49. The van der Waals surface area contributed by atoms with Gasteiger partial charge >= 0.3 is 5.97 Å². The molecule has 0 amide bonds. The number of anilines is 1. The SMILES string of the molecule is CCCCCCCCCCCCOc1ccc(C(=O)Oc2ccc(N/C=C\C(C)=O)cc2)cc1. The predicted octanol–water partition coefficient (Wildman–Crippen LogP) is 7.72. The third kappa shape index (κ3) is 11.7. The summed E-state index contributed by atoms with van der Waals surface area (Å²) < 4.78 is 11.2. The van der Waals surface area contributed by atoms with Crippen LogP contribution in [0, 0.1) is 0 Å². The van der Waals surface area contributed by atoms with Crippen molar-refractivity contribution in [2.75, 3.05) is 11.9 Å². The van der Waals surface area contributed by atoms with Gasteiger partial charge in [-0.3, -0.25) is 4.79 Å². The summed E-state index contributed by atoms with van der Waals surface area (Å²) in [6, 6.07) is 14.0. The lowest BCUT2D eigenvalue weighted by Crippen LogP contribution is -2.08. The molecule has 0 atom stereocenters. The monoisotopic (exact) mass is 465 g/mol. The average Bonchev–Trinajstić information content (AvgIpc) is 2.84. The minimum atomic E-state index is -0.418. The zero-order chi connectivity index (χ0) is 24.4. The summed E-state index contributed by atoms with van der Waals surface area (Å²) in [6.45, 7) is 4.44. The fraction of sp³-hybridized carbons (Fsp3) is 0.448. The maximum Gasteiger partial charge on any atom is 0.343 e. The van der Waals surface area contributed by atoms with E-state index in [1.165, 1.54) is 70.8 Å². The second-order valence-corrected chi connectivity index (χ2v) is 8.56. The second-order valence-electron chi connectivity index (χ2n) is 8.56. The molecular formula is C29H39NO4. The quantitative estimate of drug-likeness (QED) is 0.112. The molecule has 0 heterocycles. The Morgan fingerprint density at radius 1 is 0.765 bits per heavy atom. The van der Waals surface area contributed by atoms with Gasteiger partial charge in [-0.1, -0.05) is 64.7 Å². The number of nitrogens with one attached hydrogen (secondary N) is 1. The van der Waals surface area contributed by atoms with Crippen molar-refractivity contribution >= 4 is 17.4 Å². The minimum Gasteiger partial charge on any atom is -0.494 e. The molecule has 0 saturated heterocycles. The average molecular weight is 466 g/mol. The number of ketones is 1. The fourth-order valence-electron chi connectivity index (χ4n) is 3.51. The molecule has 0 fully saturated rings. The smallest absolute Gasteiger partial charge is 0.343 e. The molecule has 0 aromatic heterocycles. The molecule has 2 aromatic rings. The van der Waals surface area contributed by atoms with Crippen molar-refractivity contribution in [3.63, 3.8) is 0 Å². The van der Waals surface area contributed by atoms with Crippen molar-refractivity contribution in [1.29, 1.82) is 0 Å². The molecule has 5 nitrogen and oxygen atoms in total. The zero-order valence-electron chi connectivity index (χ0n) is 20.7. The molecule has 0 saturated carbocycles. The van der Waals surface area contributed by atoms with E-state index < -0.39 is 5.97 Å². The summed E-state index contributed by atoms with van der Waals surface area (Å²) in [5.74, 6) is 0.764. The van der Waals surface area contributed by atoms with Crippen LogP contribution in [0.3, 0.4) is 0 Å². The Bertz CT molecular complexity index is 872. The van der Waals surface area contributed by atoms with Gasteiger partial charge in [-0.25, -0.2) is 4.79 Å². The van der Waals surface area contributed by atoms with Gasteiger partial charge in [0.05, 0.1) is 12.2 Å². The van der Waals surface area contributed by atoms with E-state index in [1.54, 1.807) is 54.7 Å². The van der Waals surface area contributed by atoms with Crippen molar-refractivity contribution in [2.45, 2.75) is 78.1 Å². The molecule has 0 unspecified atom stereocenters. The molecule has 0 spiro atoms. The molecule has 34 heavy (non-hydrogen) atoms. The highest BCUT2D eigenvalue weighted by Gasteiger charge is 2.09. The Morgan fingerprint density at radius 2 is 1.32 bits per heavy atom. The van der Waals surface area contributed by atoms with Gasteiger partial charge in [-0.05, 0) is 68.0 Å². The summed E-state index contributed by atoms with van der Waals surface area (Å²) >= 11 is 0. The minimum absolute atomic E-state index is 0.0340. The Labute approximate surface area is 204 Å². The number of carbonyl (C=O) groups excluding carboxylic acids is 2.